The Morgan fingerprint density at radius 3 is 3.26 bits per heavy atom. The number of H-pyrrole nitrogens is 1. The van der Waals surface area contributed by atoms with Crippen LogP contribution in [0.4, 0.5) is 5.82 Å². The number of ether oxygens (including phenoxy) is 1. The molecule has 9 nitrogen and oxygen atoms in total. The zero-order valence-corrected chi connectivity index (χ0v) is 10.0. The number of imidazole rings is 1. The molecule has 19 heavy (non-hydrogen) atoms. The summed E-state index contributed by atoms with van der Waals surface area (Å²) in [4.78, 5) is 17.4. The lowest BCUT2D eigenvalue weighted by molar-refractivity contribution is 0.0805. The maximum Gasteiger partial charge on any atom is 0.182 e. The van der Waals surface area contributed by atoms with Gasteiger partial charge in [-0.1, -0.05) is 5.16 Å². The van der Waals surface area contributed by atoms with Crippen molar-refractivity contribution in [2.24, 2.45) is 10.9 Å². The first-order valence-electron chi connectivity index (χ1n) is 5.77. The second-order valence-corrected chi connectivity index (χ2v) is 4.13. The molecule has 1 saturated heterocycles. The number of morpholine rings is 1. The van der Waals surface area contributed by atoms with Crippen LogP contribution in [0.2, 0.25) is 0 Å². The number of aromatic amines is 1. The Morgan fingerprint density at radius 2 is 2.42 bits per heavy atom. The van der Waals surface area contributed by atoms with Gasteiger partial charge in [-0.25, -0.2) is 15.0 Å². The van der Waals surface area contributed by atoms with Gasteiger partial charge in [-0.05, 0) is 0 Å². The van der Waals surface area contributed by atoms with Crippen LogP contribution in [0, 0.1) is 0 Å². The summed E-state index contributed by atoms with van der Waals surface area (Å²) < 4.78 is 5.45. The minimum absolute atomic E-state index is 0.0552. The summed E-state index contributed by atoms with van der Waals surface area (Å²) in [5, 5.41) is 11.7. The largest absolute Gasteiger partial charge is 0.409 e. The molecule has 0 spiro atoms. The Bertz CT molecular complexity index is 611. The van der Waals surface area contributed by atoms with Crippen LogP contribution in [0.15, 0.2) is 17.8 Å². The molecule has 1 fully saturated rings. The topological polar surface area (TPSA) is 126 Å². The summed E-state index contributed by atoms with van der Waals surface area (Å²) in [6.45, 7) is 1.60. The van der Waals surface area contributed by atoms with Crippen molar-refractivity contribution >= 4 is 22.8 Å². The van der Waals surface area contributed by atoms with E-state index in [1.165, 1.54) is 6.33 Å². The molecule has 100 valence electrons. The molecule has 0 bridgehead atoms. The average Bonchev–Trinajstić information content (AvgIpc) is 2.94. The highest BCUT2D eigenvalue weighted by Gasteiger charge is 2.26. The van der Waals surface area contributed by atoms with Crippen molar-refractivity contribution in [3.63, 3.8) is 0 Å². The van der Waals surface area contributed by atoms with Gasteiger partial charge in [0, 0.05) is 6.54 Å². The monoisotopic (exact) mass is 263 g/mol. The van der Waals surface area contributed by atoms with Crippen LogP contribution in [0.5, 0.6) is 0 Å². The molecule has 1 aliphatic heterocycles. The van der Waals surface area contributed by atoms with Crippen molar-refractivity contribution in [1.82, 2.24) is 19.9 Å². The highest BCUT2D eigenvalue weighted by molar-refractivity contribution is 5.86. The molecule has 0 radical (unpaired) electrons. The molecule has 1 unspecified atom stereocenters. The van der Waals surface area contributed by atoms with Crippen LogP contribution in [0.3, 0.4) is 0 Å². The van der Waals surface area contributed by atoms with Crippen LogP contribution >= 0.6 is 0 Å². The zero-order chi connectivity index (χ0) is 13.2. The SMILES string of the molecule is NC(=NO)C1CN(c2ncnc3nc[nH]c23)CCO1. The molecular formula is C10H13N7O2. The van der Waals surface area contributed by atoms with Gasteiger partial charge in [0.1, 0.15) is 17.9 Å². The van der Waals surface area contributed by atoms with Gasteiger partial charge in [-0.3, -0.25) is 0 Å². The highest BCUT2D eigenvalue weighted by Crippen LogP contribution is 2.21. The van der Waals surface area contributed by atoms with Crippen molar-refractivity contribution < 1.29 is 9.94 Å². The van der Waals surface area contributed by atoms with Crippen molar-refractivity contribution in [2.45, 2.75) is 6.10 Å². The number of fused-ring (bicyclic) bond motifs is 1. The molecule has 3 heterocycles. The minimum atomic E-state index is -0.452. The first kappa shape index (κ1) is 11.7. The Labute approximate surface area is 108 Å². The summed E-state index contributed by atoms with van der Waals surface area (Å²) in [6, 6.07) is 0. The minimum Gasteiger partial charge on any atom is -0.409 e. The third-order valence-electron chi connectivity index (χ3n) is 3.01. The van der Waals surface area contributed by atoms with Crippen molar-refractivity contribution in [1.29, 1.82) is 0 Å². The number of aromatic nitrogens is 4. The van der Waals surface area contributed by atoms with Gasteiger partial charge in [0.25, 0.3) is 0 Å². The van der Waals surface area contributed by atoms with Gasteiger partial charge in [-0.15, -0.1) is 0 Å². The maximum absolute atomic E-state index is 8.71. The van der Waals surface area contributed by atoms with Crippen molar-refractivity contribution in [2.75, 3.05) is 24.6 Å². The third kappa shape index (κ3) is 2.03. The number of hydrogen-bond donors (Lipinski definition) is 3. The molecule has 2 aromatic rings. The summed E-state index contributed by atoms with van der Waals surface area (Å²) in [5.74, 6) is 0.793. The Hall–Kier alpha value is -2.42. The fourth-order valence-corrected chi connectivity index (χ4v) is 2.08. The lowest BCUT2D eigenvalue weighted by Crippen LogP contribution is -2.49. The van der Waals surface area contributed by atoms with E-state index in [2.05, 4.69) is 25.1 Å². The molecular weight excluding hydrogens is 250 g/mol. The number of rotatable bonds is 2. The molecule has 1 aliphatic rings. The summed E-state index contributed by atoms with van der Waals surface area (Å²) in [7, 11) is 0. The smallest absolute Gasteiger partial charge is 0.182 e. The predicted molar refractivity (Wildman–Crippen MR) is 67.0 cm³/mol. The molecule has 4 N–H and O–H groups in total. The summed E-state index contributed by atoms with van der Waals surface area (Å²) >= 11 is 0. The highest BCUT2D eigenvalue weighted by atomic mass is 16.5. The van der Waals surface area contributed by atoms with E-state index in [0.29, 0.717) is 25.3 Å². The van der Waals surface area contributed by atoms with Gasteiger partial charge in [0.05, 0.1) is 19.5 Å². The number of hydrogen-bond acceptors (Lipinski definition) is 7. The Morgan fingerprint density at radius 1 is 1.53 bits per heavy atom. The van der Waals surface area contributed by atoms with Gasteiger partial charge >= 0.3 is 0 Å². The van der Waals surface area contributed by atoms with E-state index in [9.17, 15) is 0 Å². The quantitative estimate of drug-likeness (QED) is 0.283. The fourth-order valence-electron chi connectivity index (χ4n) is 2.08. The number of amidine groups is 1. The van der Waals surface area contributed by atoms with Gasteiger partial charge in [0.15, 0.2) is 17.3 Å². The molecule has 0 saturated carbocycles. The maximum atomic E-state index is 8.71. The zero-order valence-electron chi connectivity index (χ0n) is 10.0. The molecule has 0 aliphatic carbocycles. The summed E-state index contributed by atoms with van der Waals surface area (Å²) in [6.07, 6.45) is 2.59. The fraction of sp³-hybridized carbons (Fsp3) is 0.400. The molecule has 3 rings (SSSR count). The number of nitrogens with zero attached hydrogens (tertiary/aromatic N) is 5. The van der Waals surface area contributed by atoms with Crippen molar-refractivity contribution in [3.05, 3.63) is 12.7 Å². The molecule has 0 aromatic carbocycles. The van der Waals surface area contributed by atoms with E-state index >= 15 is 0 Å². The van der Waals surface area contributed by atoms with Crippen LogP contribution < -0.4 is 10.6 Å². The summed E-state index contributed by atoms with van der Waals surface area (Å²) in [5.41, 5.74) is 6.95. The van der Waals surface area contributed by atoms with Crippen LogP contribution in [0.1, 0.15) is 0 Å². The number of nitrogens with two attached hydrogens (primary N) is 1. The van der Waals surface area contributed by atoms with E-state index in [1.807, 2.05) is 4.90 Å². The van der Waals surface area contributed by atoms with E-state index in [-0.39, 0.29) is 5.84 Å². The first-order valence-corrected chi connectivity index (χ1v) is 5.77. The number of oxime groups is 1. The van der Waals surface area contributed by atoms with E-state index in [1.54, 1.807) is 6.33 Å². The Kier molecular flexibility index (Phi) is 2.88. The number of nitrogens with one attached hydrogen (secondary N) is 1. The van der Waals surface area contributed by atoms with Gasteiger partial charge < -0.3 is 25.6 Å². The van der Waals surface area contributed by atoms with Crippen molar-refractivity contribution in [3.8, 4) is 0 Å². The average molecular weight is 263 g/mol. The van der Waals surface area contributed by atoms with Crippen LogP contribution in [0.25, 0.3) is 11.2 Å². The van der Waals surface area contributed by atoms with E-state index in [4.69, 9.17) is 15.7 Å². The van der Waals surface area contributed by atoms with E-state index in [0.717, 1.165) is 11.3 Å². The second kappa shape index (κ2) is 4.69. The third-order valence-corrected chi connectivity index (χ3v) is 3.01. The van der Waals surface area contributed by atoms with Gasteiger partial charge in [-0.2, -0.15) is 0 Å². The predicted octanol–water partition coefficient (Wildman–Crippen LogP) is -0.696. The second-order valence-electron chi connectivity index (χ2n) is 4.13. The molecule has 9 heteroatoms. The van der Waals surface area contributed by atoms with E-state index < -0.39 is 6.10 Å². The molecule has 0 amide bonds. The lowest BCUT2D eigenvalue weighted by Gasteiger charge is -2.32. The van der Waals surface area contributed by atoms with Crippen LogP contribution in [-0.2, 0) is 4.74 Å². The Balaban J connectivity index is 1.91. The first-order chi connectivity index (χ1) is 9.29. The van der Waals surface area contributed by atoms with Crippen LogP contribution in [-0.4, -0.2) is 56.8 Å². The molecule has 2 aromatic heterocycles. The van der Waals surface area contributed by atoms with Gasteiger partial charge in [0.2, 0.25) is 0 Å². The standard InChI is InChI=1S/C10H13N7O2/c11-8(16-18)6-3-17(1-2-19-6)10-7-9(13-4-12-7)14-5-15-10/h4-6,18H,1-3H2,(H2,11,16)(H,12,13,14,15). The lowest BCUT2D eigenvalue weighted by atomic mass is 10.2. The normalized spacial score (nSPS) is 20.9. The number of anilines is 1. The molecule has 1 atom stereocenters.